The molecule has 3 rings (SSSR count). The molecule has 4 atom stereocenters. The third-order valence-electron chi connectivity index (χ3n) is 3.83. The van der Waals surface area contributed by atoms with Crippen LogP contribution in [0, 0.1) is 6.92 Å². The van der Waals surface area contributed by atoms with E-state index in [0.717, 1.165) is 11.8 Å². The molecule has 0 amide bonds. The molecule has 0 bridgehead atoms. The van der Waals surface area contributed by atoms with Crippen molar-refractivity contribution in [3.05, 3.63) is 41.9 Å². The van der Waals surface area contributed by atoms with Crippen molar-refractivity contribution in [3.63, 3.8) is 0 Å². The molecule has 0 unspecified atom stereocenters. The number of aryl methyl sites for hydroxylation is 1. The molecule has 11 heteroatoms. The Kier molecular flexibility index (Phi) is 5.03. The van der Waals surface area contributed by atoms with Crippen LogP contribution >= 0.6 is 0 Å². The molecule has 0 saturated carbocycles. The van der Waals surface area contributed by atoms with Crippen molar-refractivity contribution in [1.29, 1.82) is 0 Å². The SMILES string of the molecule is Cc1cnc([C@H]2OC[C@H](O)[C@H](O)[C@H]2Nc2cncc(C(F)(F)F)n2)nc1. The van der Waals surface area contributed by atoms with E-state index in [2.05, 4.69) is 25.3 Å². The Morgan fingerprint density at radius 1 is 1.15 bits per heavy atom. The summed E-state index contributed by atoms with van der Waals surface area (Å²) in [5, 5.41) is 22.8. The zero-order valence-electron chi connectivity index (χ0n) is 13.6. The summed E-state index contributed by atoms with van der Waals surface area (Å²) in [5.41, 5.74) is -0.379. The number of nitrogens with zero attached hydrogens (tertiary/aromatic N) is 4. The van der Waals surface area contributed by atoms with Gasteiger partial charge in [-0.25, -0.2) is 15.0 Å². The van der Waals surface area contributed by atoms with Crippen LogP contribution < -0.4 is 5.32 Å². The molecule has 0 spiro atoms. The molecule has 2 aromatic heterocycles. The molecule has 26 heavy (non-hydrogen) atoms. The fourth-order valence-corrected chi connectivity index (χ4v) is 2.51. The molecule has 140 valence electrons. The minimum atomic E-state index is -4.66. The Morgan fingerprint density at radius 3 is 2.50 bits per heavy atom. The van der Waals surface area contributed by atoms with Gasteiger partial charge in [-0.05, 0) is 12.5 Å². The van der Waals surface area contributed by atoms with E-state index in [9.17, 15) is 23.4 Å². The van der Waals surface area contributed by atoms with E-state index in [0.29, 0.717) is 6.20 Å². The number of alkyl halides is 3. The minimum Gasteiger partial charge on any atom is -0.388 e. The zero-order chi connectivity index (χ0) is 18.9. The Balaban J connectivity index is 1.89. The van der Waals surface area contributed by atoms with Gasteiger partial charge >= 0.3 is 6.18 Å². The summed E-state index contributed by atoms with van der Waals surface area (Å²) in [6.45, 7) is 1.62. The van der Waals surface area contributed by atoms with Crippen molar-refractivity contribution in [2.24, 2.45) is 0 Å². The molecule has 0 aromatic carbocycles. The fourth-order valence-electron chi connectivity index (χ4n) is 2.51. The maximum Gasteiger partial charge on any atom is 0.434 e. The molecule has 1 aliphatic rings. The minimum absolute atomic E-state index is 0.171. The molecule has 2 aromatic rings. The Bertz CT molecular complexity index is 759. The van der Waals surface area contributed by atoms with Crippen LogP contribution in [-0.4, -0.2) is 55.0 Å². The van der Waals surface area contributed by atoms with Gasteiger partial charge in [0.15, 0.2) is 11.5 Å². The van der Waals surface area contributed by atoms with Crippen LogP contribution in [0.15, 0.2) is 24.8 Å². The summed E-state index contributed by atoms with van der Waals surface area (Å²) < 4.78 is 43.9. The number of hydrogen-bond donors (Lipinski definition) is 3. The first-order chi connectivity index (χ1) is 12.3. The standard InChI is InChI=1S/C15H16F3N5O3/c1-7-2-20-14(21-3-7)13-11(12(25)8(24)6-26-13)23-10-5-19-4-9(22-10)15(16,17)18/h2-5,8,11-13,24-25H,6H2,1H3,(H,22,23)/t8-,11+,12-,13-/m0/s1. The first-order valence-electron chi connectivity index (χ1n) is 7.68. The third kappa shape index (κ3) is 3.89. The molecule has 1 fully saturated rings. The summed E-state index contributed by atoms with van der Waals surface area (Å²) in [6.07, 6.45) is -3.36. The lowest BCUT2D eigenvalue weighted by molar-refractivity contribution is -0.141. The number of ether oxygens (including phenoxy) is 1. The van der Waals surface area contributed by atoms with Gasteiger partial charge < -0.3 is 20.3 Å². The Morgan fingerprint density at radius 2 is 1.85 bits per heavy atom. The van der Waals surface area contributed by atoms with Crippen molar-refractivity contribution in [2.75, 3.05) is 11.9 Å². The van der Waals surface area contributed by atoms with Gasteiger partial charge in [-0.2, -0.15) is 13.2 Å². The lowest BCUT2D eigenvalue weighted by Gasteiger charge is -2.38. The third-order valence-corrected chi connectivity index (χ3v) is 3.83. The van der Waals surface area contributed by atoms with Crippen LogP contribution in [0.2, 0.25) is 0 Å². The van der Waals surface area contributed by atoms with Gasteiger partial charge in [-0.15, -0.1) is 0 Å². The average molecular weight is 371 g/mol. The van der Waals surface area contributed by atoms with Crippen LogP contribution in [0.25, 0.3) is 0 Å². The highest BCUT2D eigenvalue weighted by atomic mass is 19.4. The Hall–Kier alpha value is -2.37. The fraction of sp³-hybridized carbons (Fsp3) is 0.467. The lowest BCUT2D eigenvalue weighted by Crippen LogP contribution is -2.53. The van der Waals surface area contributed by atoms with Crippen LogP contribution in [-0.2, 0) is 10.9 Å². The van der Waals surface area contributed by atoms with Gasteiger partial charge in [0, 0.05) is 12.4 Å². The number of hydrogen-bond acceptors (Lipinski definition) is 8. The number of rotatable bonds is 3. The van der Waals surface area contributed by atoms with Gasteiger partial charge in [0.05, 0.1) is 25.0 Å². The Labute approximate surface area is 146 Å². The first kappa shape index (κ1) is 18.4. The second-order valence-corrected chi connectivity index (χ2v) is 5.89. The van der Waals surface area contributed by atoms with Crippen molar-refractivity contribution in [3.8, 4) is 0 Å². The number of nitrogens with one attached hydrogen (secondary N) is 1. The molecule has 0 radical (unpaired) electrons. The highest BCUT2D eigenvalue weighted by Crippen LogP contribution is 2.31. The summed E-state index contributed by atoms with van der Waals surface area (Å²) >= 11 is 0. The summed E-state index contributed by atoms with van der Waals surface area (Å²) in [6, 6.07) is -1.03. The number of aromatic nitrogens is 4. The van der Waals surface area contributed by atoms with Crippen LogP contribution in [0.4, 0.5) is 19.0 Å². The molecule has 0 aliphatic carbocycles. The summed E-state index contributed by atoms with van der Waals surface area (Å²) in [7, 11) is 0. The van der Waals surface area contributed by atoms with E-state index in [1.54, 1.807) is 19.3 Å². The largest absolute Gasteiger partial charge is 0.434 e. The van der Waals surface area contributed by atoms with E-state index in [-0.39, 0.29) is 18.2 Å². The first-order valence-corrected chi connectivity index (χ1v) is 7.68. The predicted molar refractivity (Wildman–Crippen MR) is 81.9 cm³/mol. The number of anilines is 1. The highest BCUT2D eigenvalue weighted by Gasteiger charge is 2.41. The topological polar surface area (TPSA) is 113 Å². The summed E-state index contributed by atoms with van der Waals surface area (Å²) in [4.78, 5) is 15.2. The smallest absolute Gasteiger partial charge is 0.388 e. The predicted octanol–water partition coefficient (Wildman–Crippen LogP) is 0.868. The second-order valence-electron chi connectivity index (χ2n) is 5.89. The number of halogens is 3. The van der Waals surface area contributed by atoms with Gasteiger partial charge in [-0.1, -0.05) is 0 Å². The maximum absolute atomic E-state index is 12.8. The van der Waals surface area contributed by atoms with Crippen LogP contribution in [0.3, 0.4) is 0 Å². The highest BCUT2D eigenvalue weighted by molar-refractivity contribution is 5.35. The molecule has 1 aliphatic heterocycles. The summed E-state index contributed by atoms with van der Waals surface area (Å²) in [5.74, 6) is -0.00216. The normalized spacial score (nSPS) is 26.5. The van der Waals surface area contributed by atoms with Gasteiger partial charge in [-0.3, -0.25) is 4.98 Å². The quantitative estimate of drug-likeness (QED) is 0.728. The molecular formula is C15H16F3N5O3. The lowest BCUT2D eigenvalue weighted by atomic mass is 9.96. The van der Waals surface area contributed by atoms with Gasteiger partial charge in [0.2, 0.25) is 0 Å². The zero-order valence-corrected chi connectivity index (χ0v) is 13.6. The van der Waals surface area contributed by atoms with Crippen molar-refractivity contribution >= 4 is 5.82 Å². The van der Waals surface area contributed by atoms with Crippen molar-refractivity contribution in [1.82, 2.24) is 19.9 Å². The van der Waals surface area contributed by atoms with Gasteiger partial charge in [0.1, 0.15) is 24.1 Å². The van der Waals surface area contributed by atoms with Crippen molar-refractivity contribution < 1.29 is 28.1 Å². The molecule has 3 N–H and O–H groups in total. The number of aliphatic hydroxyl groups excluding tert-OH is 2. The second kappa shape index (κ2) is 7.09. The molecular weight excluding hydrogens is 355 g/mol. The van der Waals surface area contributed by atoms with E-state index in [4.69, 9.17) is 4.74 Å². The van der Waals surface area contributed by atoms with Crippen LogP contribution in [0.1, 0.15) is 23.2 Å². The maximum atomic E-state index is 12.8. The average Bonchev–Trinajstić information content (AvgIpc) is 2.60. The number of aliphatic hydroxyl groups is 2. The van der Waals surface area contributed by atoms with Crippen molar-refractivity contribution in [2.45, 2.75) is 37.5 Å². The molecule has 8 nitrogen and oxygen atoms in total. The van der Waals surface area contributed by atoms with E-state index < -0.39 is 36.2 Å². The van der Waals surface area contributed by atoms with Crippen LogP contribution in [0.5, 0.6) is 0 Å². The molecule has 3 heterocycles. The monoisotopic (exact) mass is 371 g/mol. The van der Waals surface area contributed by atoms with E-state index >= 15 is 0 Å². The van der Waals surface area contributed by atoms with E-state index in [1.807, 2.05) is 0 Å². The van der Waals surface area contributed by atoms with E-state index in [1.165, 1.54) is 0 Å². The van der Waals surface area contributed by atoms with Gasteiger partial charge in [0.25, 0.3) is 0 Å². The molecule has 1 saturated heterocycles.